The van der Waals surface area contributed by atoms with Crippen molar-refractivity contribution in [3.8, 4) is 0 Å². The lowest BCUT2D eigenvalue weighted by Gasteiger charge is -2.13. The molecular formula is C14H18O2. The van der Waals surface area contributed by atoms with E-state index in [1.54, 1.807) is 0 Å². The Balaban J connectivity index is 1.99. The molecule has 0 N–H and O–H groups in total. The molecule has 1 aliphatic heterocycles. The van der Waals surface area contributed by atoms with Crippen LogP contribution in [0.2, 0.25) is 0 Å². The number of Topliss-reactive ketones (excluding diaryl/α,β-unsaturated/α-hetero) is 1. The second-order valence-electron chi connectivity index (χ2n) is 4.82. The van der Waals surface area contributed by atoms with Crippen LogP contribution in [-0.2, 0) is 16.0 Å². The van der Waals surface area contributed by atoms with Crippen LogP contribution in [0.15, 0.2) is 30.3 Å². The minimum atomic E-state index is -0.520. The monoisotopic (exact) mass is 218 g/mol. The Bertz CT molecular complexity index is 385. The molecule has 0 saturated carbocycles. The van der Waals surface area contributed by atoms with Gasteiger partial charge < -0.3 is 4.74 Å². The first-order valence-electron chi connectivity index (χ1n) is 5.80. The first-order valence-corrected chi connectivity index (χ1v) is 5.80. The zero-order valence-corrected chi connectivity index (χ0v) is 10.1. The van der Waals surface area contributed by atoms with Gasteiger partial charge in [0.1, 0.15) is 5.60 Å². The largest absolute Gasteiger partial charge is 0.358 e. The molecule has 1 saturated heterocycles. The van der Waals surface area contributed by atoms with E-state index in [9.17, 15) is 4.79 Å². The van der Waals surface area contributed by atoms with Crippen molar-refractivity contribution in [2.45, 2.75) is 38.9 Å². The lowest BCUT2D eigenvalue weighted by atomic mass is 9.88. The maximum atomic E-state index is 12.1. The van der Waals surface area contributed by atoms with Gasteiger partial charge in [-0.05, 0) is 25.8 Å². The summed E-state index contributed by atoms with van der Waals surface area (Å²) in [5, 5.41) is 0. The zero-order valence-electron chi connectivity index (χ0n) is 10.1. The molecule has 0 amide bonds. The summed E-state index contributed by atoms with van der Waals surface area (Å²) in [6, 6.07) is 10.1. The van der Waals surface area contributed by atoms with Crippen molar-refractivity contribution in [2.75, 3.05) is 0 Å². The van der Waals surface area contributed by atoms with Gasteiger partial charge in [-0.15, -0.1) is 0 Å². The lowest BCUT2D eigenvalue weighted by molar-refractivity contribution is -0.127. The molecule has 0 aliphatic carbocycles. The van der Waals surface area contributed by atoms with Crippen molar-refractivity contribution >= 4 is 5.78 Å². The van der Waals surface area contributed by atoms with Gasteiger partial charge in [0.25, 0.3) is 0 Å². The molecular weight excluding hydrogens is 200 g/mol. The van der Waals surface area contributed by atoms with E-state index in [4.69, 9.17) is 4.74 Å². The van der Waals surface area contributed by atoms with Gasteiger partial charge in [-0.3, -0.25) is 4.79 Å². The SMILES string of the molecule is C[C@@H]1O[C@@]1(C)C(=O)[C@@H](C)Cc1ccccc1. The molecule has 1 fully saturated rings. The highest BCUT2D eigenvalue weighted by Gasteiger charge is 2.55. The molecule has 1 aliphatic rings. The van der Waals surface area contributed by atoms with Crippen LogP contribution in [-0.4, -0.2) is 17.5 Å². The van der Waals surface area contributed by atoms with Crippen LogP contribution in [0.3, 0.4) is 0 Å². The fourth-order valence-corrected chi connectivity index (χ4v) is 2.14. The molecule has 2 heteroatoms. The second-order valence-corrected chi connectivity index (χ2v) is 4.82. The van der Waals surface area contributed by atoms with Crippen molar-refractivity contribution in [2.24, 2.45) is 5.92 Å². The Morgan fingerprint density at radius 2 is 2.00 bits per heavy atom. The lowest BCUT2D eigenvalue weighted by Crippen LogP contribution is -2.30. The smallest absolute Gasteiger partial charge is 0.170 e. The number of benzene rings is 1. The van der Waals surface area contributed by atoms with Crippen molar-refractivity contribution in [1.82, 2.24) is 0 Å². The molecule has 2 rings (SSSR count). The molecule has 86 valence electrons. The Kier molecular flexibility index (Phi) is 2.85. The van der Waals surface area contributed by atoms with Crippen molar-refractivity contribution in [3.63, 3.8) is 0 Å². The number of carbonyl (C=O) groups excluding carboxylic acids is 1. The fourth-order valence-electron chi connectivity index (χ4n) is 2.14. The second kappa shape index (κ2) is 4.02. The molecule has 0 radical (unpaired) electrons. The summed E-state index contributed by atoms with van der Waals surface area (Å²) in [5.74, 6) is 0.251. The van der Waals surface area contributed by atoms with Crippen molar-refractivity contribution < 1.29 is 9.53 Å². The van der Waals surface area contributed by atoms with E-state index in [0.29, 0.717) is 0 Å². The van der Waals surface area contributed by atoms with Gasteiger partial charge in [0.2, 0.25) is 0 Å². The highest BCUT2D eigenvalue weighted by molar-refractivity contribution is 5.91. The number of hydrogen-bond acceptors (Lipinski definition) is 2. The molecule has 1 aromatic rings. The van der Waals surface area contributed by atoms with Gasteiger partial charge in [-0.25, -0.2) is 0 Å². The molecule has 0 unspecified atom stereocenters. The van der Waals surface area contributed by atoms with E-state index in [1.165, 1.54) is 5.56 Å². The van der Waals surface area contributed by atoms with E-state index in [0.717, 1.165) is 6.42 Å². The van der Waals surface area contributed by atoms with E-state index >= 15 is 0 Å². The third-order valence-corrected chi connectivity index (χ3v) is 3.46. The molecule has 0 bridgehead atoms. The van der Waals surface area contributed by atoms with Crippen LogP contribution in [0.4, 0.5) is 0 Å². The maximum absolute atomic E-state index is 12.1. The van der Waals surface area contributed by atoms with E-state index < -0.39 is 5.60 Å². The Morgan fingerprint density at radius 1 is 1.44 bits per heavy atom. The molecule has 3 atom stereocenters. The van der Waals surface area contributed by atoms with Gasteiger partial charge in [0.05, 0.1) is 6.10 Å². The van der Waals surface area contributed by atoms with Gasteiger partial charge in [-0.2, -0.15) is 0 Å². The average molecular weight is 218 g/mol. The average Bonchev–Trinajstić information content (AvgIpc) is 2.88. The summed E-state index contributed by atoms with van der Waals surface area (Å²) in [6.07, 6.45) is 0.879. The number of carbonyl (C=O) groups is 1. The van der Waals surface area contributed by atoms with Crippen molar-refractivity contribution in [1.29, 1.82) is 0 Å². The summed E-state index contributed by atoms with van der Waals surface area (Å²) in [5.41, 5.74) is 0.689. The maximum Gasteiger partial charge on any atom is 0.170 e. The molecule has 1 aromatic carbocycles. The Morgan fingerprint density at radius 3 is 2.50 bits per heavy atom. The third kappa shape index (κ3) is 2.03. The summed E-state index contributed by atoms with van der Waals surface area (Å²) < 4.78 is 5.38. The van der Waals surface area contributed by atoms with Gasteiger partial charge in [0.15, 0.2) is 5.78 Å². The van der Waals surface area contributed by atoms with Crippen molar-refractivity contribution in [3.05, 3.63) is 35.9 Å². The molecule has 2 nitrogen and oxygen atoms in total. The third-order valence-electron chi connectivity index (χ3n) is 3.46. The van der Waals surface area contributed by atoms with Crippen LogP contribution in [0.5, 0.6) is 0 Å². The Labute approximate surface area is 96.6 Å². The van der Waals surface area contributed by atoms with Gasteiger partial charge in [-0.1, -0.05) is 37.3 Å². The normalized spacial score (nSPS) is 29.8. The fraction of sp³-hybridized carbons (Fsp3) is 0.500. The van der Waals surface area contributed by atoms with Crippen LogP contribution < -0.4 is 0 Å². The number of ketones is 1. The number of hydrogen-bond donors (Lipinski definition) is 0. The number of rotatable bonds is 4. The molecule has 1 heterocycles. The predicted octanol–water partition coefficient (Wildman–Crippen LogP) is 2.61. The van der Waals surface area contributed by atoms with Gasteiger partial charge >= 0.3 is 0 Å². The minimum Gasteiger partial charge on any atom is -0.358 e. The first kappa shape index (κ1) is 11.3. The van der Waals surface area contributed by atoms with Crippen LogP contribution in [0.1, 0.15) is 26.3 Å². The van der Waals surface area contributed by atoms with Gasteiger partial charge in [0, 0.05) is 5.92 Å². The van der Waals surface area contributed by atoms with E-state index in [2.05, 4.69) is 12.1 Å². The summed E-state index contributed by atoms with van der Waals surface area (Å²) in [4.78, 5) is 12.1. The highest BCUT2D eigenvalue weighted by Crippen LogP contribution is 2.38. The standard InChI is InChI=1S/C14H18O2/c1-10(9-12-7-5-4-6-8-12)13(15)14(3)11(2)16-14/h4-8,10-11H,9H2,1-3H3/t10-,11-,14+/m0/s1. The Hall–Kier alpha value is -1.15. The number of epoxide rings is 1. The van der Waals surface area contributed by atoms with Crippen LogP contribution in [0.25, 0.3) is 0 Å². The van der Waals surface area contributed by atoms with Crippen LogP contribution in [0, 0.1) is 5.92 Å². The van der Waals surface area contributed by atoms with Crippen LogP contribution >= 0.6 is 0 Å². The van der Waals surface area contributed by atoms with E-state index in [-0.39, 0.29) is 17.8 Å². The molecule has 16 heavy (non-hydrogen) atoms. The first-order chi connectivity index (χ1) is 7.54. The minimum absolute atomic E-state index is 0.0253. The highest BCUT2D eigenvalue weighted by atomic mass is 16.6. The number of ether oxygens (including phenoxy) is 1. The summed E-state index contributed by atoms with van der Waals surface area (Å²) in [7, 11) is 0. The topological polar surface area (TPSA) is 29.6 Å². The van der Waals surface area contributed by atoms with E-state index in [1.807, 2.05) is 39.0 Å². The summed E-state index contributed by atoms with van der Waals surface area (Å²) in [6.45, 7) is 5.82. The quantitative estimate of drug-likeness (QED) is 0.727. The molecule has 0 spiro atoms. The summed E-state index contributed by atoms with van der Waals surface area (Å²) >= 11 is 0. The molecule has 0 aromatic heterocycles. The zero-order chi connectivity index (χ0) is 11.8. The predicted molar refractivity (Wildman–Crippen MR) is 63.3 cm³/mol.